The predicted octanol–water partition coefficient (Wildman–Crippen LogP) is 3.72. The van der Waals surface area contributed by atoms with E-state index in [4.69, 9.17) is 14.2 Å². The number of hydrogen-bond donors (Lipinski definition) is 0. The molecule has 2 aromatic carbocycles. The van der Waals surface area contributed by atoms with E-state index in [1.807, 2.05) is 0 Å². The molecular weight excluding hydrogens is 465 g/mol. The lowest BCUT2D eigenvalue weighted by Crippen LogP contribution is -2.41. The number of halogens is 1. The third-order valence-electron chi connectivity index (χ3n) is 6.03. The normalized spacial score (nSPS) is 17.2. The number of fused-ring (bicyclic) bond motifs is 1. The fraction of sp³-hybridized carbons (Fsp3) is 0.333. The van der Waals surface area contributed by atoms with Crippen LogP contribution in [-0.2, 0) is 26.0 Å². The summed E-state index contributed by atoms with van der Waals surface area (Å²) in [6.45, 7) is 3.14. The molecule has 0 aliphatic heterocycles. The Morgan fingerprint density at radius 1 is 1.06 bits per heavy atom. The molecule has 0 spiro atoms. The number of methoxy groups -OCH3 is 3. The number of benzene rings is 2. The molecule has 0 aromatic heterocycles. The zero-order chi connectivity index (χ0) is 25.3. The molecule has 8 nitrogen and oxygen atoms in total. The van der Waals surface area contributed by atoms with Gasteiger partial charge < -0.3 is 14.2 Å². The van der Waals surface area contributed by atoms with E-state index in [-0.39, 0.29) is 22.5 Å². The Hall–Kier alpha value is -3.40. The number of esters is 1. The van der Waals surface area contributed by atoms with Crippen LogP contribution in [0.4, 0.5) is 4.48 Å². The second-order valence-corrected chi connectivity index (χ2v) is 10.1. The Morgan fingerprint density at radius 2 is 1.65 bits per heavy atom. The monoisotopic (exact) mass is 491 g/mol. The van der Waals surface area contributed by atoms with Crippen molar-refractivity contribution in [3.63, 3.8) is 0 Å². The van der Waals surface area contributed by atoms with Crippen molar-refractivity contribution >= 4 is 21.8 Å². The van der Waals surface area contributed by atoms with Crippen molar-refractivity contribution < 1.29 is 36.7 Å². The third-order valence-corrected chi connectivity index (χ3v) is 7.47. The molecule has 0 bridgehead atoms. The van der Waals surface area contributed by atoms with Crippen LogP contribution in [0, 0.1) is 11.3 Å². The van der Waals surface area contributed by atoms with E-state index >= 15 is 4.48 Å². The molecule has 0 saturated carbocycles. The molecule has 1 unspecified atom stereocenters. The van der Waals surface area contributed by atoms with Gasteiger partial charge >= 0.3 is 5.97 Å². The third kappa shape index (κ3) is 4.50. The van der Waals surface area contributed by atoms with Gasteiger partial charge in [-0.3, -0.25) is 9.59 Å². The van der Waals surface area contributed by atoms with Gasteiger partial charge in [-0.05, 0) is 62.2 Å². The second-order valence-electron chi connectivity index (χ2n) is 8.33. The van der Waals surface area contributed by atoms with E-state index in [0.29, 0.717) is 23.3 Å². The van der Waals surface area contributed by atoms with Crippen LogP contribution in [-0.4, -0.2) is 46.0 Å². The molecule has 2 aromatic rings. The highest BCUT2D eigenvalue weighted by Crippen LogP contribution is 2.43. The van der Waals surface area contributed by atoms with Crippen molar-refractivity contribution in [1.29, 1.82) is 0 Å². The first-order valence-electron chi connectivity index (χ1n) is 10.3. The van der Waals surface area contributed by atoms with Crippen molar-refractivity contribution in [3.8, 4) is 11.5 Å². The molecule has 182 valence electrons. The van der Waals surface area contributed by atoms with Gasteiger partial charge in [-0.1, -0.05) is 10.5 Å². The second kappa shape index (κ2) is 9.46. The molecule has 0 N–H and O–H groups in total. The van der Waals surface area contributed by atoms with Crippen molar-refractivity contribution in [1.82, 2.24) is 4.53 Å². The zero-order valence-electron chi connectivity index (χ0n) is 19.5. The molecule has 0 fully saturated rings. The fourth-order valence-electron chi connectivity index (χ4n) is 3.94. The standard InChI is InChI=1S/C24H26FNO7S/c1-24(2,23(28)33-5)21-12-15-6-7-17(32-4)13-19(15)22(27)20(21)14-26(25)34(29,30)18-10-8-16(31-3)9-11-18/h6-11,13-14,21H,12H2,1-5H3/b20-14-. The summed E-state index contributed by atoms with van der Waals surface area (Å²) in [6.07, 6.45) is 0.828. The van der Waals surface area contributed by atoms with Crippen LogP contribution in [0.5, 0.6) is 11.5 Å². The first-order chi connectivity index (χ1) is 16.0. The number of ketones is 1. The number of carbonyl (C=O) groups excluding carboxylic acids is 2. The lowest BCUT2D eigenvalue weighted by molar-refractivity contribution is -0.153. The molecule has 1 aliphatic carbocycles. The van der Waals surface area contributed by atoms with E-state index in [0.717, 1.165) is 0 Å². The van der Waals surface area contributed by atoms with Crippen molar-refractivity contribution in [2.24, 2.45) is 11.3 Å². The number of allylic oxidation sites excluding steroid dienone is 1. The van der Waals surface area contributed by atoms with Crippen molar-refractivity contribution in [3.05, 3.63) is 65.4 Å². The lowest BCUT2D eigenvalue weighted by atomic mass is 9.66. The topological polar surface area (TPSA) is 99.2 Å². The summed E-state index contributed by atoms with van der Waals surface area (Å²) < 4.78 is 55.5. The number of hydrogen-bond acceptors (Lipinski definition) is 7. The Kier molecular flexibility index (Phi) is 7.02. The molecule has 10 heteroatoms. The number of carbonyl (C=O) groups is 2. The molecule has 34 heavy (non-hydrogen) atoms. The van der Waals surface area contributed by atoms with E-state index in [1.54, 1.807) is 26.0 Å². The van der Waals surface area contributed by atoms with Crippen LogP contribution < -0.4 is 9.47 Å². The van der Waals surface area contributed by atoms with Gasteiger partial charge in [0.1, 0.15) is 11.5 Å². The van der Waals surface area contributed by atoms with Crippen LogP contribution in [0.2, 0.25) is 0 Å². The summed E-state index contributed by atoms with van der Waals surface area (Å²) >= 11 is 0. The highest BCUT2D eigenvalue weighted by atomic mass is 32.2. The van der Waals surface area contributed by atoms with Crippen LogP contribution in [0.3, 0.4) is 0 Å². The van der Waals surface area contributed by atoms with E-state index in [9.17, 15) is 18.0 Å². The van der Waals surface area contributed by atoms with Crippen LogP contribution in [0.25, 0.3) is 0 Å². The average Bonchev–Trinajstić information content (AvgIpc) is 2.84. The number of rotatable bonds is 7. The first-order valence-corrected chi connectivity index (χ1v) is 11.8. The maximum absolute atomic E-state index is 15.2. The number of nitrogens with zero attached hydrogens (tertiary/aromatic N) is 1. The molecular formula is C24H26FNO7S. The predicted molar refractivity (Wildman–Crippen MR) is 122 cm³/mol. The Morgan fingerprint density at radius 3 is 2.21 bits per heavy atom. The van der Waals surface area contributed by atoms with Gasteiger partial charge in [0.25, 0.3) is 10.0 Å². The van der Waals surface area contributed by atoms with Crippen LogP contribution >= 0.6 is 0 Å². The van der Waals surface area contributed by atoms with E-state index in [2.05, 4.69) is 0 Å². The summed E-state index contributed by atoms with van der Waals surface area (Å²) in [5.74, 6) is -1.25. The number of ether oxygens (including phenoxy) is 3. The van der Waals surface area contributed by atoms with Crippen LogP contribution in [0.15, 0.2) is 59.1 Å². The van der Waals surface area contributed by atoms with Gasteiger partial charge in [0.05, 0.1) is 37.8 Å². The minimum Gasteiger partial charge on any atom is -0.497 e. The molecule has 3 rings (SSSR count). The summed E-state index contributed by atoms with van der Waals surface area (Å²) in [5.41, 5.74) is -0.541. The van der Waals surface area contributed by atoms with Crippen molar-refractivity contribution in [2.75, 3.05) is 21.3 Å². The van der Waals surface area contributed by atoms with Gasteiger partial charge in [-0.15, -0.1) is 4.53 Å². The highest BCUT2D eigenvalue weighted by molar-refractivity contribution is 7.89. The summed E-state index contributed by atoms with van der Waals surface area (Å²) in [4.78, 5) is 25.7. The van der Waals surface area contributed by atoms with Gasteiger partial charge in [0, 0.05) is 17.1 Å². The Labute approximate surface area is 197 Å². The summed E-state index contributed by atoms with van der Waals surface area (Å²) in [5, 5.41) is 0. The average molecular weight is 492 g/mol. The molecule has 1 atom stereocenters. The van der Waals surface area contributed by atoms with Crippen molar-refractivity contribution in [2.45, 2.75) is 25.2 Å². The highest BCUT2D eigenvalue weighted by Gasteiger charge is 2.45. The maximum Gasteiger partial charge on any atom is 0.311 e. The summed E-state index contributed by atoms with van der Waals surface area (Å²) in [6, 6.07) is 10.0. The SMILES string of the molecule is COC(=O)C(C)(C)C1Cc2ccc(OC)cc2C(=O)/C1=C\N(F)S(=O)(=O)c1ccc(OC)cc1. The molecule has 0 saturated heterocycles. The van der Waals surface area contributed by atoms with Gasteiger partial charge in [0.15, 0.2) is 5.78 Å². The van der Waals surface area contributed by atoms with E-state index in [1.165, 1.54) is 51.7 Å². The van der Waals surface area contributed by atoms with Gasteiger partial charge in [-0.2, -0.15) is 8.42 Å². The molecule has 0 radical (unpaired) electrons. The summed E-state index contributed by atoms with van der Waals surface area (Å²) in [7, 11) is -0.554. The molecule has 0 amide bonds. The lowest BCUT2D eigenvalue weighted by Gasteiger charge is -2.36. The Bertz CT molecular complexity index is 1240. The zero-order valence-corrected chi connectivity index (χ0v) is 20.3. The van der Waals surface area contributed by atoms with Gasteiger partial charge in [0.2, 0.25) is 0 Å². The minimum absolute atomic E-state index is 0.171. The van der Waals surface area contributed by atoms with E-state index < -0.39 is 37.6 Å². The van der Waals surface area contributed by atoms with Gasteiger partial charge in [-0.25, -0.2) is 0 Å². The van der Waals surface area contributed by atoms with Crippen LogP contribution in [0.1, 0.15) is 29.8 Å². The largest absolute Gasteiger partial charge is 0.497 e. The quantitative estimate of drug-likeness (QED) is 0.331. The first kappa shape index (κ1) is 25.2. The minimum atomic E-state index is -4.63. The maximum atomic E-state index is 15.2. The molecule has 0 heterocycles. The number of Topliss-reactive ketones (excluding diaryl/α,β-unsaturated/α-hetero) is 1. The molecule has 1 aliphatic rings. The smallest absolute Gasteiger partial charge is 0.311 e. The fourth-order valence-corrected chi connectivity index (χ4v) is 4.87. The number of sulfonamides is 1. The Balaban J connectivity index is 2.12.